The Bertz CT molecular complexity index is 3490. The molecule has 0 radical (unpaired) electrons. The van der Waals surface area contributed by atoms with Gasteiger partial charge in [-0.05, 0) is 76.9 Å². The molecule has 0 bridgehead atoms. The maximum absolute atomic E-state index is 5.19. The van der Waals surface area contributed by atoms with E-state index in [1.54, 1.807) is 0 Å². The van der Waals surface area contributed by atoms with Gasteiger partial charge >= 0.3 is 0 Å². The van der Waals surface area contributed by atoms with E-state index in [1.165, 1.54) is 54.8 Å². The first kappa shape index (κ1) is 35.6. The van der Waals surface area contributed by atoms with Crippen LogP contribution in [0, 0.1) is 0 Å². The Balaban J connectivity index is 1.11. The average molecular weight is 791 g/mol. The summed E-state index contributed by atoms with van der Waals surface area (Å²) in [5.41, 5.74) is 16.3. The second kappa shape index (κ2) is 14.7. The van der Waals surface area contributed by atoms with Gasteiger partial charge in [-0.2, -0.15) is 0 Å². The number of para-hydroxylation sites is 2. The van der Waals surface area contributed by atoms with Crippen molar-refractivity contribution in [1.82, 2.24) is 19.1 Å². The highest BCUT2D eigenvalue weighted by Crippen LogP contribution is 2.43. The second-order valence-electron chi connectivity index (χ2n) is 15.8. The summed E-state index contributed by atoms with van der Waals surface area (Å²) >= 11 is 0. The van der Waals surface area contributed by atoms with E-state index in [4.69, 9.17) is 9.97 Å². The van der Waals surface area contributed by atoms with Gasteiger partial charge in [-0.1, -0.05) is 176 Å². The summed E-state index contributed by atoms with van der Waals surface area (Å²) in [6.07, 6.45) is 0. The molecule has 0 N–H and O–H groups in total. The van der Waals surface area contributed by atoms with Gasteiger partial charge in [-0.3, -0.25) is 0 Å². The molecule has 0 aliphatic carbocycles. The zero-order valence-corrected chi connectivity index (χ0v) is 33.7. The highest BCUT2D eigenvalue weighted by molar-refractivity contribution is 6.26. The van der Waals surface area contributed by atoms with E-state index in [2.05, 4.69) is 228 Å². The molecule has 12 aromatic rings. The fourth-order valence-corrected chi connectivity index (χ4v) is 9.26. The fraction of sp³-hybridized carbons (Fsp3) is 0. The number of hydrogen-bond acceptors (Lipinski definition) is 2. The Kier molecular flexibility index (Phi) is 8.46. The molecular formula is C58H38N4. The van der Waals surface area contributed by atoms with E-state index in [1.807, 2.05) is 12.1 Å². The Morgan fingerprint density at radius 3 is 1.35 bits per heavy atom. The van der Waals surface area contributed by atoms with Crippen molar-refractivity contribution in [2.75, 3.05) is 0 Å². The standard InChI is InChI=1S/C58H38N4/c1-5-18-39(19-6-1)44-34-45(40-20-7-2-8-21-40)37-47(36-44)62-53-30-15-13-28-48(53)49-32-33-55-56(57(49)62)50-29-14-16-31-54(50)61(55)46-27-17-26-43(35-46)58-59-51(41-22-9-3-10-23-41)38-52(60-58)42-24-11-4-12-25-42/h1-38H. The molecule has 0 saturated carbocycles. The molecule has 0 fully saturated rings. The number of aromatic nitrogens is 4. The largest absolute Gasteiger partial charge is 0.309 e. The smallest absolute Gasteiger partial charge is 0.160 e. The topological polar surface area (TPSA) is 35.6 Å². The minimum Gasteiger partial charge on any atom is -0.309 e. The highest BCUT2D eigenvalue weighted by atomic mass is 15.0. The van der Waals surface area contributed by atoms with Gasteiger partial charge in [-0.15, -0.1) is 0 Å². The molecule has 12 rings (SSSR count). The van der Waals surface area contributed by atoms with Crippen LogP contribution in [0.4, 0.5) is 0 Å². The van der Waals surface area contributed by atoms with Crippen LogP contribution in [0.1, 0.15) is 0 Å². The van der Waals surface area contributed by atoms with Gasteiger partial charge in [0.2, 0.25) is 0 Å². The van der Waals surface area contributed by atoms with Crippen molar-refractivity contribution in [1.29, 1.82) is 0 Å². The lowest BCUT2D eigenvalue weighted by molar-refractivity contribution is 1.16. The normalized spacial score (nSPS) is 11.5. The second-order valence-corrected chi connectivity index (χ2v) is 15.8. The SMILES string of the molecule is c1ccc(-c2cc(-c3ccccc3)cc(-n3c4ccccc4c4ccc5c(c6ccccc6n5-c5cccc(-c6nc(-c7ccccc7)cc(-c7ccccc7)n6)c5)c43)c2)cc1. The molecule has 290 valence electrons. The number of nitrogens with zero attached hydrogens (tertiary/aromatic N) is 4. The van der Waals surface area contributed by atoms with Crippen LogP contribution >= 0.6 is 0 Å². The van der Waals surface area contributed by atoms with Crippen LogP contribution in [0.15, 0.2) is 231 Å². The van der Waals surface area contributed by atoms with Gasteiger partial charge in [0.05, 0.1) is 33.5 Å². The molecule has 0 aliphatic rings. The van der Waals surface area contributed by atoms with Crippen molar-refractivity contribution in [3.63, 3.8) is 0 Å². The maximum Gasteiger partial charge on any atom is 0.160 e. The third kappa shape index (κ3) is 6.00. The van der Waals surface area contributed by atoms with Gasteiger partial charge < -0.3 is 9.13 Å². The minimum absolute atomic E-state index is 0.683. The lowest BCUT2D eigenvalue weighted by atomic mass is 9.98. The van der Waals surface area contributed by atoms with E-state index in [0.29, 0.717) is 5.82 Å². The molecule has 0 saturated heterocycles. The first-order valence-electron chi connectivity index (χ1n) is 21.1. The highest BCUT2D eigenvalue weighted by Gasteiger charge is 2.22. The Labute approximate surface area is 359 Å². The summed E-state index contributed by atoms with van der Waals surface area (Å²) in [6, 6.07) is 82.2. The van der Waals surface area contributed by atoms with Crippen molar-refractivity contribution < 1.29 is 0 Å². The monoisotopic (exact) mass is 790 g/mol. The molecule has 9 aromatic carbocycles. The van der Waals surface area contributed by atoms with E-state index >= 15 is 0 Å². The Morgan fingerprint density at radius 1 is 0.274 bits per heavy atom. The van der Waals surface area contributed by atoms with Crippen LogP contribution in [0.5, 0.6) is 0 Å². The lowest BCUT2D eigenvalue weighted by Crippen LogP contribution is -1.98. The van der Waals surface area contributed by atoms with Crippen molar-refractivity contribution in [3.05, 3.63) is 231 Å². The molecule has 62 heavy (non-hydrogen) atoms. The zero-order valence-electron chi connectivity index (χ0n) is 33.7. The summed E-state index contributed by atoms with van der Waals surface area (Å²) in [7, 11) is 0. The van der Waals surface area contributed by atoms with Crippen LogP contribution in [-0.2, 0) is 0 Å². The van der Waals surface area contributed by atoms with Gasteiger partial charge in [-0.25, -0.2) is 9.97 Å². The van der Waals surface area contributed by atoms with E-state index in [0.717, 1.165) is 50.5 Å². The number of benzene rings is 9. The van der Waals surface area contributed by atoms with Crippen LogP contribution < -0.4 is 0 Å². The Hall–Kier alpha value is -8.34. The van der Waals surface area contributed by atoms with E-state index < -0.39 is 0 Å². The quantitative estimate of drug-likeness (QED) is 0.161. The van der Waals surface area contributed by atoms with Gasteiger partial charge in [0.15, 0.2) is 5.82 Å². The molecule has 4 nitrogen and oxygen atoms in total. The lowest BCUT2D eigenvalue weighted by Gasteiger charge is -2.15. The van der Waals surface area contributed by atoms with Crippen LogP contribution in [0.2, 0.25) is 0 Å². The molecule has 3 heterocycles. The predicted molar refractivity (Wildman–Crippen MR) is 258 cm³/mol. The summed E-state index contributed by atoms with van der Waals surface area (Å²) < 4.78 is 4.90. The first-order chi connectivity index (χ1) is 30.7. The number of hydrogen-bond donors (Lipinski definition) is 0. The van der Waals surface area contributed by atoms with Gasteiger partial charge in [0.25, 0.3) is 0 Å². The molecule has 0 spiro atoms. The van der Waals surface area contributed by atoms with Gasteiger partial charge in [0.1, 0.15) is 0 Å². The molecule has 0 amide bonds. The summed E-state index contributed by atoms with van der Waals surface area (Å²) in [5, 5.41) is 4.84. The molecule has 0 atom stereocenters. The van der Waals surface area contributed by atoms with Crippen LogP contribution in [0.25, 0.3) is 111 Å². The molecular weight excluding hydrogens is 753 g/mol. The van der Waals surface area contributed by atoms with Crippen LogP contribution in [0.3, 0.4) is 0 Å². The zero-order chi connectivity index (χ0) is 41.0. The fourth-order valence-electron chi connectivity index (χ4n) is 9.26. The molecule has 4 heteroatoms. The van der Waals surface area contributed by atoms with E-state index in [-0.39, 0.29) is 0 Å². The summed E-state index contributed by atoms with van der Waals surface area (Å²) in [6.45, 7) is 0. The summed E-state index contributed by atoms with van der Waals surface area (Å²) in [4.78, 5) is 10.4. The minimum atomic E-state index is 0.683. The van der Waals surface area contributed by atoms with E-state index in [9.17, 15) is 0 Å². The van der Waals surface area contributed by atoms with Crippen molar-refractivity contribution in [3.8, 4) is 67.5 Å². The first-order valence-corrected chi connectivity index (χ1v) is 21.1. The van der Waals surface area contributed by atoms with Crippen molar-refractivity contribution in [2.45, 2.75) is 0 Å². The molecule has 0 unspecified atom stereocenters. The summed E-state index contributed by atoms with van der Waals surface area (Å²) in [5.74, 6) is 0.683. The maximum atomic E-state index is 5.19. The van der Waals surface area contributed by atoms with Gasteiger partial charge in [0, 0.05) is 49.6 Å². The molecule has 3 aromatic heterocycles. The third-order valence-electron chi connectivity index (χ3n) is 12.1. The van der Waals surface area contributed by atoms with Crippen LogP contribution in [-0.4, -0.2) is 19.1 Å². The average Bonchev–Trinajstić information content (AvgIpc) is 3.88. The number of fused-ring (bicyclic) bond motifs is 7. The third-order valence-corrected chi connectivity index (χ3v) is 12.1. The van der Waals surface area contributed by atoms with Crippen molar-refractivity contribution in [2.24, 2.45) is 0 Å². The molecule has 0 aliphatic heterocycles. The Morgan fingerprint density at radius 2 is 0.758 bits per heavy atom. The predicted octanol–water partition coefficient (Wildman–Crippen LogP) is 15.0. The number of rotatable bonds is 7. The van der Waals surface area contributed by atoms with Crippen molar-refractivity contribution >= 4 is 43.6 Å².